The molecule has 23 heavy (non-hydrogen) atoms. The predicted molar refractivity (Wildman–Crippen MR) is 89.7 cm³/mol. The van der Waals surface area contributed by atoms with Crippen LogP contribution in [-0.4, -0.2) is 37.6 Å². The molecule has 0 saturated carbocycles. The summed E-state index contributed by atoms with van der Waals surface area (Å²) in [6.07, 6.45) is 1.75. The summed E-state index contributed by atoms with van der Waals surface area (Å²) in [5, 5.41) is 2.95. The number of likely N-dealkylation sites (N-methyl/N-ethyl adjacent to an activating group) is 1. The lowest BCUT2D eigenvalue weighted by Crippen LogP contribution is -2.34. The van der Waals surface area contributed by atoms with Gasteiger partial charge in [0, 0.05) is 12.1 Å². The summed E-state index contributed by atoms with van der Waals surface area (Å²) in [6, 6.07) is 10.9. The van der Waals surface area contributed by atoms with Crippen LogP contribution in [-0.2, 0) is 0 Å². The lowest BCUT2D eigenvalue weighted by Gasteiger charge is -2.22. The van der Waals surface area contributed by atoms with Crippen molar-refractivity contribution in [3.63, 3.8) is 0 Å². The molecule has 0 aliphatic carbocycles. The van der Waals surface area contributed by atoms with Crippen LogP contribution in [0.15, 0.2) is 47.1 Å². The van der Waals surface area contributed by atoms with Gasteiger partial charge in [-0.05, 0) is 64.3 Å². The van der Waals surface area contributed by atoms with Crippen molar-refractivity contribution in [3.8, 4) is 5.75 Å². The van der Waals surface area contributed by atoms with Crippen LogP contribution < -0.4 is 10.1 Å². The van der Waals surface area contributed by atoms with Gasteiger partial charge in [0.15, 0.2) is 0 Å². The Bertz CT molecular complexity index is 604. The van der Waals surface area contributed by atoms with Gasteiger partial charge in [0.1, 0.15) is 11.5 Å². The predicted octanol–water partition coefficient (Wildman–Crippen LogP) is 3.10. The Morgan fingerprint density at radius 1 is 1.22 bits per heavy atom. The molecule has 1 heterocycles. The van der Waals surface area contributed by atoms with Gasteiger partial charge in [-0.25, -0.2) is 0 Å². The zero-order chi connectivity index (χ0) is 16.8. The summed E-state index contributed by atoms with van der Waals surface area (Å²) in [4.78, 5) is 14.3. The first kappa shape index (κ1) is 17.1. The van der Waals surface area contributed by atoms with E-state index in [0.717, 1.165) is 11.5 Å². The van der Waals surface area contributed by atoms with E-state index in [9.17, 15) is 4.79 Å². The fourth-order valence-corrected chi connectivity index (χ4v) is 2.27. The highest BCUT2D eigenvalue weighted by Crippen LogP contribution is 2.18. The molecule has 2 aromatic rings. The number of nitrogens with one attached hydrogen (secondary N) is 1. The zero-order valence-electron chi connectivity index (χ0n) is 14.1. The molecule has 1 amide bonds. The maximum atomic E-state index is 12.3. The minimum absolute atomic E-state index is 0.00232. The van der Waals surface area contributed by atoms with Crippen LogP contribution in [0.25, 0.3) is 0 Å². The van der Waals surface area contributed by atoms with Crippen molar-refractivity contribution < 1.29 is 13.9 Å². The molecule has 0 radical (unpaired) electrons. The molecular formula is C18H24N2O3. The molecule has 1 atom stereocenters. The summed E-state index contributed by atoms with van der Waals surface area (Å²) in [6.45, 7) is 4.41. The Morgan fingerprint density at radius 2 is 1.91 bits per heavy atom. The fourth-order valence-electron chi connectivity index (χ4n) is 2.27. The summed E-state index contributed by atoms with van der Waals surface area (Å²) in [5.74, 6) is 1.48. The van der Waals surface area contributed by atoms with E-state index in [0.29, 0.717) is 12.1 Å². The van der Waals surface area contributed by atoms with Crippen molar-refractivity contribution in [3.05, 3.63) is 54.0 Å². The van der Waals surface area contributed by atoms with Crippen LogP contribution in [0.5, 0.6) is 5.75 Å². The number of furan rings is 1. The SMILES string of the molecule is CC(C)Oc1ccc(C(=O)NCC(c2ccco2)N(C)C)cc1. The number of nitrogens with zero attached hydrogens (tertiary/aromatic N) is 1. The highest BCUT2D eigenvalue weighted by atomic mass is 16.5. The normalized spacial score (nSPS) is 12.4. The van der Waals surface area contributed by atoms with Crippen molar-refractivity contribution in [2.75, 3.05) is 20.6 Å². The summed E-state index contributed by atoms with van der Waals surface area (Å²) in [7, 11) is 3.91. The average molecular weight is 316 g/mol. The van der Waals surface area contributed by atoms with E-state index in [-0.39, 0.29) is 18.1 Å². The van der Waals surface area contributed by atoms with Gasteiger partial charge in [-0.2, -0.15) is 0 Å². The van der Waals surface area contributed by atoms with Crippen LogP contribution in [0, 0.1) is 0 Å². The van der Waals surface area contributed by atoms with Gasteiger partial charge in [-0.3, -0.25) is 9.69 Å². The van der Waals surface area contributed by atoms with Crippen molar-refractivity contribution in [2.45, 2.75) is 26.0 Å². The van der Waals surface area contributed by atoms with Gasteiger partial charge < -0.3 is 14.5 Å². The minimum atomic E-state index is -0.112. The standard InChI is InChI=1S/C18H24N2O3/c1-13(2)23-15-9-7-14(8-10-15)18(21)19-12-16(20(3)4)17-6-5-11-22-17/h5-11,13,16H,12H2,1-4H3,(H,19,21). The van der Waals surface area contributed by atoms with E-state index in [4.69, 9.17) is 9.15 Å². The molecule has 5 heteroatoms. The molecule has 1 aromatic heterocycles. The molecular weight excluding hydrogens is 292 g/mol. The number of ether oxygens (including phenoxy) is 1. The largest absolute Gasteiger partial charge is 0.491 e. The number of benzene rings is 1. The first-order valence-electron chi connectivity index (χ1n) is 7.72. The van der Waals surface area contributed by atoms with Crippen molar-refractivity contribution >= 4 is 5.91 Å². The topological polar surface area (TPSA) is 54.7 Å². The van der Waals surface area contributed by atoms with Gasteiger partial charge in [0.25, 0.3) is 5.91 Å². The second kappa shape index (κ2) is 7.83. The molecule has 1 aromatic carbocycles. The average Bonchev–Trinajstić information content (AvgIpc) is 3.01. The van der Waals surface area contributed by atoms with E-state index >= 15 is 0 Å². The summed E-state index contributed by atoms with van der Waals surface area (Å²) >= 11 is 0. The monoisotopic (exact) mass is 316 g/mol. The third-order valence-corrected chi connectivity index (χ3v) is 3.44. The lowest BCUT2D eigenvalue weighted by atomic mass is 10.1. The first-order chi connectivity index (χ1) is 11.0. The highest BCUT2D eigenvalue weighted by Gasteiger charge is 2.18. The van der Waals surface area contributed by atoms with Crippen molar-refractivity contribution in [2.24, 2.45) is 0 Å². The maximum absolute atomic E-state index is 12.3. The van der Waals surface area contributed by atoms with Gasteiger partial charge >= 0.3 is 0 Å². The number of amides is 1. The smallest absolute Gasteiger partial charge is 0.251 e. The third-order valence-electron chi connectivity index (χ3n) is 3.44. The van der Waals surface area contributed by atoms with Crippen LogP contribution in [0.4, 0.5) is 0 Å². The highest BCUT2D eigenvalue weighted by molar-refractivity contribution is 5.94. The van der Waals surface area contributed by atoms with E-state index in [1.807, 2.05) is 57.1 Å². The number of rotatable bonds is 7. The van der Waals surface area contributed by atoms with Crippen LogP contribution in [0.1, 0.15) is 36.0 Å². The Morgan fingerprint density at radius 3 is 2.43 bits per heavy atom. The van der Waals surface area contributed by atoms with E-state index in [1.54, 1.807) is 18.4 Å². The van der Waals surface area contributed by atoms with E-state index < -0.39 is 0 Å². The first-order valence-corrected chi connectivity index (χ1v) is 7.72. The molecule has 1 N–H and O–H groups in total. The molecule has 0 fully saturated rings. The molecule has 0 saturated heterocycles. The molecule has 124 valence electrons. The lowest BCUT2D eigenvalue weighted by molar-refractivity contribution is 0.0939. The fraction of sp³-hybridized carbons (Fsp3) is 0.389. The van der Waals surface area contributed by atoms with Gasteiger partial charge in [-0.15, -0.1) is 0 Å². The molecule has 1 unspecified atom stereocenters. The van der Waals surface area contributed by atoms with Crippen LogP contribution in [0.3, 0.4) is 0 Å². The van der Waals surface area contributed by atoms with Gasteiger partial charge in [0.05, 0.1) is 18.4 Å². The molecule has 0 bridgehead atoms. The second-order valence-corrected chi connectivity index (χ2v) is 5.90. The number of hydrogen-bond acceptors (Lipinski definition) is 4. The Labute approximate surface area is 137 Å². The van der Waals surface area contributed by atoms with E-state index in [1.165, 1.54) is 0 Å². The van der Waals surface area contributed by atoms with Crippen LogP contribution >= 0.6 is 0 Å². The van der Waals surface area contributed by atoms with E-state index in [2.05, 4.69) is 5.32 Å². The Balaban J connectivity index is 1.95. The number of carbonyl (C=O) groups excluding carboxylic acids is 1. The molecule has 5 nitrogen and oxygen atoms in total. The second-order valence-electron chi connectivity index (χ2n) is 5.90. The number of hydrogen-bond donors (Lipinski definition) is 1. The Hall–Kier alpha value is -2.27. The molecule has 0 spiro atoms. The molecule has 2 rings (SSSR count). The molecule has 0 aliphatic rings. The number of carbonyl (C=O) groups is 1. The summed E-state index contributed by atoms with van der Waals surface area (Å²) in [5.41, 5.74) is 0.609. The van der Waals surface area contributed by atoms with Crippen LogP contribution in [0.2, 0.25) is 0 Å². The van der Waals surface area contributed by atoms with Crippen molar-refractivity contribution in [1.29, 1.82) is 0 Å². The maximum Gasteiger partial charge on any atom is 0.251 e. The summed E-state index contributed by atoms with van der Waals surface area (Å²) < 4.78 is 11.0. The van der Waals surface area contributed by atoms with Crippen molar-refractivity contribution in [1.82, 2.24) is 10.2 Å². The minimum Gasteiger partial charge on any atom is -0.491 e. The zero-order valence-corrected chi connectivity index (χ0v) is 14.1. The Kier molecular flexibility index (Phi) is 5.82. The van der Waals surface area contributed by atoms with Gasteiger partial charge in [-0.1, -0.05) is 0 Å². The third kappa shape index (κ3) is 4.86. The van der Waals surface area contributed by atoms with Gasteiger partial charge in [0.2, 0.25) is 0 Å². The molecule has 0 aliphatic heterocycles. The quantitative estimate of drug-likeness (QED) is 0.853.